The zero-order chi connectivity index (χ0) is 25.4. The third kappa shape index (κ3) is 4.36. The molecule has 4 aromatic rings. The molecule has 1 aliphatic rings. The average molecular weight is 515 g/mol. The van der Waals surface area contributed by atoms with Gasteiger partial charge < -0.3 is 4.90 Å². The van der Waals surface area contributed by atoms with Gasteiger partial charge in [-0.3, -0.25) is 9.36 Å². The number of hydrogen-bond donors (Lipinski definition) is 0. The van der Waals surface area contributed by atoms with Crippen molar-refractivity contribution in [2.24, 2.45) is 0 Å². The summed E-state index contributed by atoms with van der Waals surface area (Å²) in [7, 11) is 2.02. The Morgan fingerprint density at radius 2 is 1.64 bits per heavy atom. The van der Waals surface area contributed by atoms with Gasteiger partial charge in [-0.1, -0.05) is 73.6 Å². The predicted molar refractivity (Wildman–Crippen MR) is 148 cm³/mol. The first-order valence-corrected chi connectivity index (χ1v) is 13.1. The third-order valence-corrected chi connectivity index (χ3v) is 7.88. The van der Waals surface area contributed by atoms with Gasteiger partial charge in [-0.2, -0.15) is 0 Å². The third-order valence-electron chi connectivity index (χ3n) is 6.67. The zero-order valence-electron chi connectivity index (χ0n) is 20.7. The van der Waals surface area contributed by atoms with Crippen LogP contribution in [0.15, 0.2) is 89.7 Å². The van der Waals surface area contributed by atoms with Crippen LogP contribution in [-0.2, 0) is 10.2 Å². The van der Waals surface area contributed by atoms with Gasteiger partial charge in [0.2, 0.25) is 0 Å². The molecule has 3 aromatic carbocycles. The minimum absolute atomic E-state index is 0.0371. The summed E-state index contributed by atoms with van der Waals surface area (Å²) in [6, 6.07) is 24.0. The minimum Gasteiger partial charge on any atom is -0.347 e. The molecule has 7 heteroatoms. The number of fused-ring (bicyclic) bond motifs is 1. The number of ketones is 1. The van der Waals surface area contributed by atoms with E-state index in [2.05, 4.69) is 54.1 Å². The van der Waals surface area contributed by atoms with E-state index in [1.165, 1.54) is 17.3 Å². The van der Waals surface area contributed by atoms with E-state index >= 15 is 0 Å². The number of anilines is 1. The maximum absolute atomic E-state index is 13.2. The lowest BCUT2D eigenvalue weighted by Crippen LogP contribution is -2.24. The van der Waals surface area contributed by atoms with Crippen molar-refractivity contribution < 1.29 is 4.79 Å². The highest BCUT2D eigenvalue weighted by Crippen LogP contribution is 2.46. The zero-order valence-corrected chi connectivity index (χ0v) is 22.3. The topological polar surface area (TPSA) is 51.0 Å². The first kappa shape index (κ1) is 24.3. The van der Waals surface area contributed by atoms with E-state index in [9.17, 15) is 4.79 Å². The summed E-state index contributed by atoms with van der Waals surface area (Å²) >= 11 is 7.50. The quantitative estimate of drug-likeness (QED) is 0.207. The monoisotopic (exact) mass is 514 g/mol. The Morgan fingerprint density at radius 3 is 2.33 bits per heavy atom. The van der Waals surface area contributed by atoms with Crippen molar-refractivity contribution in [3.8, 4) is 17.1 Å². The summed E-state index contributed by atoms with van der Waals surface area (Å²) in [6.45, 7) is 6.38. The van der Waals surface area contributed by atoms with Crippen LogP contribution in [0.1, 0.15) is 25.0 Å². The van der Waals surface area contributed by atoms with E-state index in [4.69, 9.17) is 11.6 Å². The van der Waals surface area contributed by atoms with Gasteiger partial charge in [-0.25, -0.2) is 0 Å². The molecular formula is C29H27ClN4OS. The summed E-state index contributed by atoms with van der Waals surface area (Å²) < 4.78 is 2.02. The van der Waals surface area contributed by atoms with Crippen molar-refractivity contribution in [2.45, 2.75) is 31.3 Å². The van der Waals surface area contributed by atoms with Crippen LogP contribution in [0.25, 0.3) is 17.1 Å². The standard InChI is InChI=1S/C29H27ClN4OS/c1-19-9-5-7-11-24(19)34-27(20-13-15-21(30)16-14-20)31-32-28(34)36-18-22(35)17-26-29(2,3)23-10-6-8-12-25(23)33(26)4/h5-17H,18H2,1-4H3. The highest BCUT2D eigenvalue weighted by atomic mass is 35.5. The molecule has 2 heterocycles. The molecule has 0 spiro atoms. The summed E-state index contributed by atoms with van der Waals surface area (Å²) in [5, 5.41) is 10.3. The van der Waals surface area contributed by atoms with Crippen LogP contribution in [0.5, 0.6) is 0 Å². The van der Waals surface area contributed by atoms with Gasteiger partial charge in [0.15, 0.2) is 16.8 Å². The minimum atomic E-state index is -0.241. The molecule has 0 amide bonds. The molecule has 0 unspecified atom stereocenters. The maximum Gasteiger partial charge on any atom is 0.196 e. The summed E-state index contributed by atoms with van der Waals surface area (Å²) in [5.74, 6) is 1.01. The number of aryl methyl sites for hydroxylation is 1. The number of carbonyl (C=O) groups is 1. The van der Waals surface area contributed by atoms with E-state index in [0.29, 0.717) is 16.0 Å². The van der Waals surface area contributed by atoms with E-state index in [-0.39, 0.29) is 17.0 Å². The first-order chi connectivity index (χ1) is 17.3. The number of aromatic nitrogens is 3. The van der Waals surface area contributed by atoms with E-state index < -0.39 is 0 Å². The van der Waals surface area contributed by atoms with Crippen LogP contribution in [-0.4, -0.2) is 33.3 Å². The molecular weight excluding hydrogens is 488 g/mol. The highest BCUT2D eigenvalue weighted by Gasteiger charge is 2.38. The Hall–Kier alpha value is -3.35. The van der Waals surface area contributed by atoms with Gasteiger partial charge in [0.1, 0.15) is 0 Å². The molecule has 36 heavy (non-hydrogen) atoms. The van der Waals surface area contributed by atoms with Gasteiger partial charge in [-0.15, -0.1) is 10.2 Å². The number of carbonyl (C=O) groups excluding carboxylic acids is 1. The number of halogens is 1. The molecule has 5 rings (SSSR count). The lowest BCUT2D eigenvalue weighted by molar-refractivity contribution is -0.112. The summed E-state index contributed by atoms with van der Waals surface area (Å²) in [4.78, 5) is 15.3. The number of hydrogen-bond acceptors (Lipinski definition) is 5. The van der Waals surface area contributed by atoms with Gasteiger partial charge in [0.25, 0.3) is 0 Å². The molecule has 0 saturated heterocycles. The van der Waals surface area contributed by atoms with Crippen molar-refractivity contribution in [2.75, 3.05) is 17.7 Å². The van der Waals surface area contributed by atoms with E-state index in [0.717, 1.165) is 28.2 Å². The molecule has 1 aliphatic heterocycles. The first-order valence-electron chi connectivity index (χ1n) is 11.8. The Morgan fingerprint density at radius 1 is 0.972 bits per heavy atom. The molecule has 0 bridgehead atoms. The van der Waals surface area contributed by atoms with Crippen molar-refractivity contribution >= 4 is 34.8 Å². The number of para-hydroxylation sites is 2. The second kappa shape index (κ2) is 9.60. The Labute approximate surface area is 220 Å². The lowest BCUT2D eigenvalue weighted by Gasteiger charge is -2.23. The fraction of sp³-hybridized carbons (Fsp3) is 0.207. The number of thioether (sulfide) groups is 1. The largest absolute Gasteiger partial charge is 0.347 e. The lowest BCUT2D eigenvalue weighted by atomic mass is 9.83. The number of rotatable bonds is 6. The highest BCUT2D eigenvalue weighted by molar-refractivity contribution is 7.99. The number of nitrogens with zero attached hydrogens (tertiary/aromatic N) is 4. The maximum atomic E-state index is 13.2. The SMILES string of the molecule is Cc1ccccc1-n1c(SCC(=O)C=C2N(C)c3ccccc3C2(C)C)nnc1-c1ccc(Cl)cc1. The Kier molecular flexibility index (Phi) is 6.49. The van der Waals surface area contributed by atoms with Crippen molar-refractivity contribution in [1.29, 1.82) is 0 Å². The summed E-state index contributed by atoms with van der Waals surface area (Å²) in [5.41, 5.74) is 6.10. The van der Waals surface area contributed by atoms with Gasteiger partial charge in [0.05, 0.1) is 11.4 Å². The van der Waals surface area contributed by atoms with Gasteiger partial charge >= 0.3 is 0 Å². The molecule has 182 valence electrons. The molecule has 0 radical (unpaired) electrons. The molecule has 1 aromatic heterocycles. The molecule has 0 aliphatic carbocycles. The molecule has 5 nitrogen and oxygen atoms in total. The molecule has 0 N–H and O–H groups in total. The molecule has 0 fully saturated rings. The van der Waals surface area contributed by atoms with E-state index in [1.807, 2.05) is 66.2 Å². The van der Waals surface area contributed by atoms with Gasteiger partial charge in [-0.05, 0) is 54.4 Å². The molecule has 0 atom stereocenters. The second-order valence-electron chi connectivity index (χ2n) is 9.42. The van der Waals surface area contributed by atoms with Crippen molar-refractivity contribution in [1.82, 2.24) is 14.8 Å². The van der Waals surface area contributed by atoms with Crippen LogP contribution in [0.3, 0.4) is 0 Å². The van der Waals surface area contributed by atoms with Crippen LogP contribution >= 0.6 is 23.4 Å². The average Bonchev–Trinajstić information content (AvgIpc) is 3.37. The fourth-order valence-electron chi connectivity index (χ4n) is 4.77. The number of allylic oxidation sites excluding steroid dienone is 2. The van der Waals surface area contributed by atoms with Crippen LogP contribution in [0, 0.1) is 6.92 Å². The Balaban J connectivity index is 1.45. The summed E-state index contributed by atoms with van der Waals surface area (Å²) in [6.07, 6.45) is 1.78. The van der Waals surface area contributed by atoms with Gasteiger partial charge in [0, 0.05) is 40.5 Å². The predicted octanol–water partition coefficient (Wildman–Crippen LogP) is 6.87. The van der Waals surface area contributed by atoms with Crippen LogP contribution in [0.2, 0.25) is 5.02 Å². The van der Waals surface area contributed by atoms with Crippen LogP contribution in [0.4, 0.5) is 5.69 Å². The van der Waals surface area contributed by atoms with Crippen molar-refractivity contribution in [3.63, 3.8) is 0 Å². The number of benzene rings is 3. The van der Waals surface area contributed by atoms with Crippen molar-refractivity contribution in [3.05, 3.63) is 101 Å². The Bertz CT molecular complexity index is 1470. The smallest absolute Gasteiger partial charge is 0.196 e. The second-order valence-corrected chi connectivity index (χ2v) is 10.8. The molecule has 0 saturated carbocycles. The van der Waals surface area contributed by atoms with Crippen LogP contribution < -0.4 is 4.90 Å². The number of likely N-dealkylation sites (N-methyl/N-ethyl adjacent to an activating group) is 1. The van der Waals surface area contributed by atoms with E-state index in [1.54, 1.807) is 6.08 Å². The normalized spacial score (nSPS) is 15.4. The fourth-order valence-corrected chi connectivity index (χ4v) is 5.66.